The number of likely N-dealkylation sites (tertiary alicyclic amines) is 1. The van der Waals surface area contributed by atoms with Gasteiger partial charge in [-0.05, 0) is 37.1 Å². The molecule has 0 aromatic heterocycles. The van der Waals surface area contributed by atoms with Crippen molar-refractivity contribution in [3.63, 3.8) is 0 Å². The van der Waals surface area contributed by atoms with Gasteiger partial charge in [0.2, 0.25) is 10.0 Å². The summed E-state index contributed by atoms with van der Waals surface area (Å²) in [6, 6.07) is 7.02. The zero-order chi connectivity index (χ0) is 14.4. The van der Waals surface area contributed by atoms with Crippen molar-refractivity contribution in [2.75, 3.05) is 26.2 Å². The Morgan fingerprint density at radius 3 is 2.60 bits per heavy atom. The van der Waals surface area contributed by atoms with Gasteiger partial charge in [0, 0.05) is 13.1 Å². The molecule has 0 spiro atoms. The summed E-state index contributed by atoms with van der Waals surface area (Å²) >= 11 is 0. The molecule has 0 aliphatic carbocycles. The Morgan fingerprint density at radius 1 is 1.20 bits per heavy atom. The number of aliphatic hydroxyl groups excluding tert-OH is 1. The quantitative estimate of drug-likeness (QED) is 0.777. The molecule has 0 amide bonds. The highest BCUT2D eigenvalue weighted by atomic mass is 32.2. The molecule has 0 radical (unpaired) electrons. The topological polar surface area (TPSA) is 69.6 Å². The molecule has 0 saturated carbocycles. The fourth-order valence-corrected chi connectivity index (χ4v) is 3.58. The Labute approximate surface area is 120 Å². The predicted octanol–water partition coefficient (Wildman–Crippen LogP) is 0.694. The van der Waals surface area contributed by atoms with Crippen molar-refractivity contribution in [3.8, 4) is 0 Å². The minimum Gasteiger partial charge on any atom is -0.392 e. The summed E-state index contributed by atoms with van der Waals surface area (Å²) in [7, 11) is -3.31. The van der Waals surface area contributed by atoms with Crippen LogP contribution in [-0.2, 0) is 22.4 Å². The molecule has 20 heavy (non-hydrogen) atoms. The van der Waals surface area contributed by atoms with Gasteiger partial charge in [-0.1, -0.05) is 24.3 Å². The Morgan fingerprint density at radius 2 is 1.90 bits per heavy atom. The number of hydrogen-bond donors (Lipinski definition) is 2. The number of nitrogens with zero attached hydrogens (tertiary/aromatic N) is 1. The molecule has 1 aliphatic rings. The normalized spacial score (nSPS) is 16.6. The molecular weight excluding hydrogens is 276 g/mol. The van der Waals surface area contributed by atoms with E-state index in [-0.39, 0.29) is 12.4 Å². The van der Waals surface area contributed by atoms with Crippen LogP contribution in [0, 0.1) is 0 Å². The first-order valence-electron chi connectivity index (χ1n) is 6.97. The predicted molar refractivity (Wildman–Crippen MR) is 78.7 cm³/mol. The molecule has 1 heterocycles. The number of benzene rings is 1. The van der Waals surface area contributed by atoms with Gasteiger partial charge in [-0.2, -0.15) is 0 Å². The number of nitrogens with one attached hydrogen (secondary N) is 1. The first kappa shape index (κ1) is 15.4. The monoisotopic (exact) mass is 298 g/mol. The summed E-state index contributed by atoms with van der Waals surface area (Å²) in [5, 5.41) is 9.05. The van der Waals surface area contributed by atoms with Crippen molar-refractivity contribution in [2.24, 2.45) is 0 Å². The van der Waals surface area contributed by atoms with Gasteiger partial charge >= 0.3 is 0 Å². The van der Waals surface area contributed by atoms with Gasteiger partial charge in [0.05, 0.1) is 12.4 Å². The lowest BCUT2D eigenvalue weighted by Gasteiger charge is -2.15. The van der Waals surface area contributed by atoms with Crippen LogP contribution in [0.1, 0.15) is 24.0 Å². The molecule has 0 bridgehead atoms. The average molecular weight is 298 g/mol. The molecule has 0 atom stereocenters. The van der Waals surface area contributed by atoms with E-state index in [4.69, 9.17) is 5.11 Å². The molecule has 1 aromatic carbocycles. The van der Waals surface area contributed by atoms with Crippen molar-refractivity contribution in [1.29, 1.82) is 0 Å². The highest BCUT2D eigenvalue weighted by Crippen LogP contribution is 2.09. The molecule has 0 unspecified atom stereocenters. The van der Waals surface area contributed by atoms with Crippen LogP contribution in [0.2, 0.25) is 0 Å². The van der Waals surface area contributed by atoms with E-state index in [0.717, 1.165) is 25.2 Å². The number of sulfonamides is 1. The minimum absolute atomic E-state index is 0.0408. The molecule has 112 valence electrons. The summed E-state index contributed by atoms with van der Waals surface area (Å²) in [5.41, 5.74) is 1.43. The minimum atomic E-state index is -3.31. The molecule has 5 nitrogen and oxygen atoms in total. The van der Waals surface area contributed by atoms with Gasteiger partial charge in [0.25, 0.3) is 0 Å². The number of hydrogen-bond acceptors (Lipinski definition) is 4. The van der Waals surface area contributed by atoms with E-state index in [1.54, 1.807) is 24.3 Å². The van der Waals surface area contributed by atoms with Crippen LogP contribution in [0.3, 0.4) is 0 Å². The molecule has 1 saturated heterocycles. The third-order valence-electron chi connectivity index (χ3n) is 3.48. The molecule has 1 aromatic rings. The van der Waals surface area contributed by atoms with Crippen molar-refractivity contribution in [2.45, 2.75) is 25.2 Å². The molecule has 6 heteroatoms. The van der Waals surface area contributed by atoms with E-state index in [9.17, 15) is 8.42 Å². The van der Waals surface area contributed by atoms with E-state index in [0.29, 0.717) is 12.1 Å². The highest BCUT2D eigenvalue weighted by Gasteiger charge is 2.14. The smallest absolute Gasteiger partial charge is 0.215 e. The molecule has 2 N–H and O–H groups in total. The Bertz CT molecular complexity index is 525. The zero-order valence-electron chi connectivity index (χ0n) is 11.6. The number of rotatable bonds is 7. The van der Waals surface area contributed by atoms with Crippen LogP contribution in [0.15, 0.2) is 24.3 Å². The SMILES string of the molecule is O=S(=O)(Cc1cccc(CO)c1)NCCN1CCCC1. The van der Waals surface area contributed by atoms with Crippen LogP contribution < -0.4 is 4.72 Å². The van der Waals surface area contributed by atoms with Crippen LogP contribution >= 0.6 is 0 Å². The van der Waals surface area contributed by atoms with Gasteiger partial charge in [-0.15, -0.1) is 0 Å². The second-order valence-electron chi connectivity index (χ2n) is 5.18. The second-order valence-corrected chi connectivity index (χ2v) is 6.99. The molecule has 2 rings (SSSR count). The lowest BCUT2D eigenvalue weighted by molar-refractivity contribution is 0.282. The number of aliphatic hydroxyl groups is 1. The van der Waals surface area contributed by atoms with Crippen molar-refractivity contribution in [1.82, 2.24) is 9.62 Å². The highest BCUT2D eigenvalue weighted by molar-refractivity contribution is 7.88. The fourth-order valence-electron chi connectivity index (χ4n) is 2.45. The van der Waals surface area contributed by atoms with E-state index in [1.807, 2.05) is 0 Å². The molecule has 1 aliphatic heterocycles. The van der Waals surface area contributed by atoms with Crippen molar-refractivity contribution < 1.29 is 13.5 Å². The van der Waals surface area contributed by atoms with Crippen LogP contribution in [0.4, 0.5) is 0 Å². The summed E-state index contributed by atoms with van der Waals surface area (Å²) in [5.74, 6) is -0.0408. The van der Waals surface area contributed by atoms with Crippen molar-refractivity contribution >= 4 is 10.0 Å². The van der Waals surface area contributed by atoms with Crippen LogP contribution in [-0.4, -0.2) is 44.6 Å². The second kappa shape index (κ2) is 7.17. The fraction of sp³-hybridized carbons (Fsp3) is 0.571. The third-order valence-corrected chi connectivity index (χ3v) is 4.84. The third kappa shape index (κ3) is 4.86. The Kier molecular flexibility index (Phi) is 5.54. The maximum atomic E-state index is 12.0. The van der Waals surface area contributed by atoms with Crippen LogP contribution in [0.25, 0.3) is 0 Å². The zero-order valence-corrected chi connectivity index (χ0v) is 12.4. The average Bonchev–Trinajstić information content (AvgIpc) is 2.91. The van der Waals surface area contributed by atoms with E-state index >= 15 is 0 Å². The van der Waals surface area contributed by atoms with Gasteiger partial charge in [0.15, 0.2) is 0 Å². The maximum absolute atomic E-state index is 12.0. The van der Waals surface area contributed by atoms with Crippen molar-refractivity contribution in [3.05, 3.63) is 35.4 Å². The first-order valence-corrected chi connectivity index (χ1v) is 8.63. The Hall–Kier alpha value is -0.950. The standard InChI is InChI=1S/C14H22N2O3S/c17-11-13-4-3-5-14(10-13)12-20(18,19)15-6-9-16-7-1-2-8-16/h3-5,10,15,17H,1-2,6-9,11-12H2. The molecular formula is C14H22N2O3S. The maximum Gasteiger partial charge on any atom is 0.215 e. The summed E-state index contributed by atoms with van der Waals surface area (Å²) in [4.78, 5) is 2.27. The van der Waals surface area contributed by atoms with Gasteiger partial charge in [0.1, 0.15) is 0 Å². The van der Waals surface area contributed by atoms with E-state index in [2.05, 4.69) is 9.62 Å². The van der Waals surface area contributed by atoms with E-state index in [1.165, 1.54) is 12.8 Å². The first-order chi connectivity index (χ1) is 9.59. The van der Waals surface area contributed by atoms with Gasteiger partial charge in [-0.25, -0.2) is 13.1 Å². The summed E-state index contributed by atoms with van der Waals surface area (Å²) in [6.45, 7) is 3.30. The van der Waals surface area contributed by atoms with Gasteiger partial charge < -0.3 is 10.0 Å². The lowest BCUT2D eigenvalue weighted by atomic mass is 10.1. The molecule has 1 fully saturated rings. The van der Waals surface area contributed by atoms with Crippen LogP contribution in [0.5, 0.6) is 0 Å². The largest absolute Gasteiger partial charge is 0.392 e. The van der Waals surface area contributed by atoms with E-state index < -0.39 is 10.0 Å². The summed E-state index contributed by atoms with van der Waals surface area (Å²) < 4.78 is 26.6. The lowest BCUT2D eigenvalue weighted by Crippen LogP contribution is -2.34. The Balaban J connectivity index is 1.83. The van der Waals surface area contributed by atoms with Gasteiger partial charge in [-0.3, -0.25) is 0 Å². The summed E-state index contributed by atoms with van der Waals surface area (Å²) in [6.07, 6.45) is 2.42.